The summed E-state index contributed by atoms with van der Waals surface area (Å²) in [7, 11) is 4.10. The van der Waals surface area contributed by atoms with Crippen molar-refractivity contribution in [3.8, 4) is 34.1 Å². The second-order valence-corrected chi connectivity index (χ2v) is 28.8. The first-order valence-corrected chi connectivity index (χ1v) is 30.6. The molecule has 0 aliphatic carbocycles. The van der Waals surface area contributed by atoms with E-state index in [4.69, 9.17) is 14.7 Å². The van der Waals surface area contributed by atoms with E-state index in [1.54, 1.807) is 0 Å². The van der Waals surface area contributed by atoms with E-state index in [9.17, 15) is 9.59 Å². The van der Waals surface area contributed by atoms with Gasteiger partial charge < -0.3 is 19.6 Å². The molecule has 8 bridgehead atoms. The third-order valence-electron chi connectivity index (χ3n) is 18.6. The van der Waals surface area contributed by atoms with Gasteiger partial charge in [-0.15, -0.1) is 0 Å². The van der Waals surface area contributed by atoms with Gasteiger partial charge in [0.2, 0.25) is 0 Å². The number of esters is 2. The lowest BCUT2D eigenvalue weighted by atomic mass is 9.79. The number of H-pyrrole nitrogens is 2. The van der Waals surface area contributed by atoms with Crippen molar-refractivity contribution in [3.05, 3.63) is 195 Å². The number of anilines is 1. The van der Waals surface area contributed by atoms with Crippen LogP contribution in [0.1, 0.15) is 149 Å². The minimum absolute atomic E-state index is 0.150. The topological polar surface area (TPSA) is 104 Å². The first kappa shape index (κ1) is 54.8. The Bertz CT molecular complexity index is 5320. The summed E-state index contributed by atoms with van der Waals surface area (Å²) >= 11 is 0. The quantitative estimate of drug-likeness (QED) is 0.0600. The fourth-order valence-electron chi connectivity index (χ4n) is 13.6. The van der Waals surface area contributed by atoms with Crippen molar-refractivity contribution >= 4 is 128 Å². The number of fused-ring (bicyclic) bond motifs is 12. The lowest BCUT2D eigenvalue weighted by Gasteiger charge is -2.26. The average molecular weight is 1150 g/mol. The molecule has 432 valence electrons. The van der Waals surface area contributed by atoms with Crippen molar-refractivity contribution in [2.45, 2.75) is 105 Å². The molecule has 0 atom stereocenters. The fourth-order valence-corrected chi connectivity index (χ4v) is 13.6. The highest BCUT2D eigenvalue weighted by Gasteiger charge is 2.32. The molecule has 8 nitrogen and oxygen atoms in total. The molecule has 2 N–H and O–H groups in total. The van der Waals surface area contributed by atoms with Crippen LogP contribution in [0.15, 0.2) is 140 Å². The molecule has 0 fully saturated rings. The highest BCUT2D eigenvalue weighted by molar-refractivity contribution is 6.43. The molecule has 9 aromatic carbocycles. The Hall–Kier alpha value is -9.84. The Balaban J connectivity index is 1.15. The van der Waals surface area contributed by atoms with Crippen LogP contribution in [0.5, 0.6) is 0 Å². The second-order valence-electron chi connectivity index (χ2n) is 28.8. The molecule has 15 rings (SSSR count). The third-order valence-corrected chi connectivity index (χ3v) is 18.6. The minimum atomic E-state index is -0.622. The van der Waals surface area contributed by atoms with Gasteiger partial charge in [-0.2, -0.15) is 0 Å². The number of hydrogen-bond donors (Lipinski definition) is 2. The largest absolute Gasteiger partial charge is 0.386 e. The van der Waals surface area contributed by atoms with Gasteiger partial charge in [0.15, 0.2) is 0 Å². The van der Waals surface area contributed by atoms with E-state index in [0.29, 0.717) is 16.5 Å². The molecule has 6 heterocycles. The van der Waals surface area contributed by atoms with Crippen molar-refractivity contribution in [2.24, 2.45) is 0 Å². The Labute approximate surface area is 512 Å². The number of ether oxygens (including phenoxy) is 1. The molecular weight excluding hydrogens is 1080 g/mol. The Kier molecular flexibility index (Phi) is 11.7. The van der Waals surface area contributed by atoms with E-state index < -0.39 is 11.9 Å². The Morgan fingerprint density at radius 2 is 0.852 bits per heavy atom. The average Bonchev–Trinajstić information content (AvgIpc) is 0.941. The van der Waals surface area contributed by atoms with Gasteiger partial charge >= 0.3 is 11.9 Å². The predicted octanol–water partition coefficient (Wildman–Crippen LogP) is 19.9. The summed E-state index contributed by atoms with van der Waals surface area (Å²) in [5.41, 5.74) is 18.9. The molecule has 88 heavy (non-hydrogen) atoms. The van der Waals surface area contributed by atoms with Crippen LogP contribution in [0, 0.1) is 11.8 Å². The number of rotatable bonds is 3. The number of aromatic nitrogens is 4. The van der Waals surface area contributed by atoms with E-state index in [-0.39, 0.29) is 21.7 Å². The number of carbonyl (C=O) groups is 2. The number of hydrogen-bond acceptors (Lipinski definition) is 6. The lowest BCUT2D eigenvalue weighted by molar-refractivity contribution is 0.0391. The van der Waals surface area contributed by atoms with Crippen molar-refractivity contribution in [3.63, 3.8) is 0 Å². The number of benzene rings is 9. The number of aromatic amines is 2. The van der Waals surface area contributed by atoms with Gasteiger partial charge in [0, 0.05) is 69.2 Å². The molecular formula is C80H69N5O3. The van der Waals surface area contributed by atoms with Crippen LogP contribution in [0.25, 0.3) is 132 Å². The van der Waals surface area contributed by atoms with Gasteiger partial charge in [-0.25, -0.2) is 19.6 Å². The monoisotopic (exact) mass is 1150 g/mol. The highest BCUT2D eigenvalue weighted by atomic mass is 16.6. The summed E-state index contributed by atoms with van der Waals surface area (Å²) in [6.07, 6.45) is 4.29. The molecule has 4 aromatic heterocycles. The zero-order chi connectivity index (χ0) is 61.4. The zero-order valence-electron chi connectivity index (χ0n) is 52.5. The van der Waals surface area contributed by atoms with Crippen LogP contribution >= 0.6 is 0 Å². The van der Waals surface area contributed by atoms with Crippen LogP contribution in [0.3, 0.4) is 0 Å². The number of cyclic esters (lactones) is 2. The molecule has 0 spiro atoms. The van der Waals surface area contributed by atoms with Crippen LogP contribution in [0.4, 0.5) is 5.69 Å². The molecule has 0 unspecified atom stereocenters. The maximum absolute atomic E-state index is 13.4. The summed E-state index contributed by atoms with van der Waals surface area (Å²) in [6.45, 7) is 27.5. The van der Waals surface area contributed by atoms with Crippen LogP contribution in [0.2, 0.25) is 0 Å². The molecule has 0 saturated carbocycles. The fraction of sp³-hybridized carbons (Fsp3) is 0.225. The maximum atomic E-state index is 13.4. The molecule has 2 aliphatic heterocycles. The van der Waals surface area contributed by atoms with Crippen molar-refractivity contribution in [1.82, 2.24) is 19.9 Å². The van der Waals surface area contributed by atoms with Crippen LogP contribution in [-0.4, -0.2) is 46.0 Å². The summed E-state index contributed by atoms with van der Waals surface area (Å²) in [5, 5.41) is 11.9. The SMILES string of the molecule is CN(C)c1ccc(C#Cc2c3nc(c(-c4cc(C(C)(C)C)cc(C(C)(C)C)c4)c4ccc([nH]4)c4c5ccc6c7ccc8c9c(ccc(c%10ccc(c%11cc(nc%114)c(-c4cc(C(C)(C)C)cc(C(C)(C)C)c4)c4ccc2[nH]4)c5c%106)c97)C(=O)OC8=O)C=C3)cc1. The first-order valence-electron chi connectivity index (χ1n) is 30.6. The van der Waals surface area contributed by atoms with Crippen molar-refractivity contribution in [1.29, 1.82) is 0 Å². The lowest BCUT2D eigenvalue weighted by Crippen LogP contribution is -2.19. The minimum Gasteiger partial charge on any atom is -0.386 e. The van der Waals surface area contributed by atoms with E-state index in [0.717, 1.165) is 143 Å². The first-order chi connectivity index (χ1) is 41.8. The van der Waals surface area contributed by atoms with Crippen molar-refractivity contribution < 1.29 is 14.3 Å². The van der Waals surface area contributed by atoms with Crippen LogP contribution in [-0.2, 0) is 26.4 Å². The van der Waals surface area contributed by atoms with Gasteiger partial charge in [-0.05, 0) is 182 Å². The Morgan fingerprint density at radius 1 is 0.409 bits per heavy atom. The van der Waals surface area contributed by atoms with Gasteiger partial charge in [0.25, 0.3) is 0 Å². The molecule has 0 amide bonds. The summed E-state index contributed by atoms with van der Waals surface area (Å²) in [5.74, 6) is 6.01. The van der Waals surface area contributed by atoms with Gasteiger partial charge in [-0.1, -0.05) is 168 Å². The normalized spacial score (nSPS) is 13.6. The molecule has 13 aromatic rings. The van der Waals surface area contributed by atoms with Gasteiger partial charge in [-0.3, -0.25) is 0 Å². The predicted molar refractivity (Wildman–Crippen MR) is 368 cm³/mol. The van der Waals surface area contributed by atoms with E-state index in [1.165, 1.54) is 22.3 Å². The zero-order valence-corrected chi connectivity index (χ0v) is 52.5. The Morgan fingerprint density at radius 3 is 1.40 bits per heavy atom. The van der Waals surface area contributed by atoms with Gasteiger partial charge in [0.05, 0.1) is 44.6 Å². The number of nitrogens with zero attached hydrogens (tertiary/aromatic N) is 3. The van der Waals surface area contributed by atoms with Crippen LogP contribution < -0.4 is 4.90 Å². The summed E-state index contributed by atoms with van der Waals surface area (Å²) in [6, 6.07) is 50.4. The number of carbonyl (C=O) groups excluding carboxylic acids is 2. The van der Waals surface area contributed by atoms with Gasteiger partial charge in [0.1, 0.15) is 0 Å². The standard InChI is InChI=1S/C80H69N5O3/c1-77(2,3)45-35-43(36-46(39-45)78(4,5)6)67-62-31-29-60(81-62)55(20-17-42-15-18-49(19-16-42)85(13)14)61-30-32-64(82-61)68(44-37-47(79(7,8)9)40-48(38-44)80(10,11)12)66-41-59-54-22-21-50-52-24-27-57-72-58(76(87)88-75(57)86)28-25-53(70(52)72)51-23-26-56(71(54)69(50)51)73(74(59)84-66)65-34-33-63(67)83-65/h15-16,18-19,21-41,82-83H,1-14H3. The molecule has 8 heteroatoms. The smallest absolute Gasteiger partial charge is 0.346 e. The summed E-state index contributed by atoms with van der Waals surface area (Å²) < 4.78 is 5.25. The van der Waals surface area contributed by atoms with E-state index in [1.807, 2.05) is 38.4 Å². The molecule has 2 aliphatic rings. The molecule has 0 saturated heterocycles. The number of nitrogens with one attached hydrogen (secondary N) is 2. The second kappa shape index (κ2) is 18.8. The van der Waals surface area contributed by atoms with E-state index in [2.05, 4.69) is 237 Å². The summed E-state index contributed by atoms with van der Waals surface area (Å²) in [4.78, 5) is 48.6. The maximum Gasteiger partial charge on any atom is 0.346 e. The third kappa shape index (κ3) is 8.56. The highest BCUT2D eigenvalue weighted by Crippen LogP contribution is 2.50. The van der Waals surface area contributed by atoms with E-state index >= 15 is 0 Å². The molecule has 0 radical (unpaired) electrons. The van der Waals surface area contributed by atoms with Crippen molar-refractivity contribution in [2.75, 3.05) is 19.0 Å².